The Hall–Kier alpha value is -1.06. The van der Waals surface area contributed by atoms with Crippen molar-refractivity contribution in [1.82, 2.24) is 0 Å². The molecule has 3 heteroatoms. The molecule has 0 unspecified atom stereocenters. The summed E-state index contributed by atoms with van der Waals surface area (Å²) in [4.78, 5) is 0. The zero-order valence-corrected chi connectivity index (χ0v) is 12.8. The van der Waals surface area contributed by atoms with Crippen LogP contribution in [-0.4, -0.2) is 19.3 Å². The average Bonchev–Trinajstić information content (AvgIpc) is 2.49. The third-order valence-electron chi connectivity index (χ3n) is 3.85. The number of hydrogen-bond donors (Lipinski definition) is 0. The highest BCUT2D eigenvalue weighted by Crippen LogP contribution is 2.33. The smallest absolute Gasteiger partial charge is 0.184 e. The van der Waals surface area contributed by atoms with Crippen molar-refractivity contribution in [3.63, 3.8) is 0 Å². The van der Waals surface area contributed by atoms with Crippen LogP contribution in [0.2, 0.25) is 0 Å². The monoisotopic (exact) mass is 278 g/mol. The first-order valence-corrected chi connectivity index (χ1v) is 7.78. The molecular formula is C17H26O3. The first-order valence-electron chi connectivity index (χ1n) is 7.78. The highest BCUT2D eigenvalue weighted by atomic mass is 16.7. The van der Waals surface area contributed by atoms with Crippen LogP contribution in [0.3, 0.4) is 0 Å². The maximum Gasteiger partial charge on any atom is 0.184 e. The van der Waals surface area contributed by atoms with E-state index in [-0.39, 0.29) is 6.29 Å². The van der Waals surface area contributed by atoms with Crippen molar-refractivity contribution in [3.05, 3.63) is 29.8 Å². The summed E-state index contributed by atoms with van der Waals surface area (Å²) in [6.45, 7) is 7.88. The van der Waals surface area contributed by atoms with Gasteiger partial charge in [-0.2, -0.15) is 0 Å². The highest BCUT2D eigenvalue weighted by molar-refractivity contribution is 5.28. The summed E-state index contributed by atoms with van der Waals surface area (Å²) in [7, 11) is 0. The Labute approximate surface area is 122 Å². The zero-order valence-electron chi connectivity index (χ0n) is 12.8. The minimum absolute atomic E-state index is 0.231. The predicted octanol–water partition coefficient (Wildman–Crippen LogP) is 4.33. The van der Waals surface area contributed by atoms with E-state index in [1.807, 2.05) is 31.2 Å². The van der Waals surface area contributed by atoms with Crippen molar-refractivity contribution in [2.24, 2.45) is 5.92 Å². The Morgan fingerprint density at radius 1 is 1.15 bits per heavy atom. The lowest BCUT2D eigenvalue weighted by atomic mass is 9.95. The van der Waals surface area contributed by atoms with E-state index in [0.717, 1.165) is 37.2 Å². The van der Waals surface area contributed by atoms with Crippen LogP contribution in [0.4, 0.5) is 0 Å². The standard InChI is InChI=1S/C17H26O3/c1-4-7-16-13(5-2)12-19-17(20-16)14-8-10-15(11-9-14)18-6-3/h8-11,13,16-17H,4-7,12H2,1-3H3/t13-,16+,17-/m0/s1. The molecular weight excluding hydrogens is 252 g/mol. The van der Waals surface area contributed by atoms with E-state index in [4.69, 9.17) is 14.2 Å². The van der Waals surface area contributed by atoms with Gasteiger partial charge in [0.15, 0.2) is 6.29 Å². The first-order chi connectivity index (χ1) is 9.78. The second kappa shape index (κ2) is 7.65. The van der Waals surface area contributed by atoms with Crippen LogP contribution in [0, 0.1) is 5.92 Å². The van der Waals surface area contributed by atoms with E-state index in [9.17, 15) is 0 Å². The van der Waals surface area contributed by atoms with Gasteiger partial charge in [-0.1, -0.05) is 32.4 Å². The minimum atomic E-state index is -0.231. The molecule has 1 aromatic carbocycles. The fourth-order valence-electron chi connectivity index (χ4n) is 2.66. The van der Waals surface area contributed by atoms with E-state index < -0.39 is 0 Å². The maximum atomic E-state index is 6.15. The van der Waals surface area contributed by atoms with Gasteiger partial charge in [-0.05, 0) is 31.9 Å². The van der Waals surface area contributed by atoms with E-state index in [2.05, 4.69) is 13.8 Å². The zero-order chi connectivity index (χ0) is 14.4. The van der Waals surface area contributed by atoms with E-state index in [0.29, 0.717) is 18.6 Å². The van der Waals surface area contributed by atoms with Crippen LogP contribution in [0.15, 0.2) is 24.3 Å². The van der Waals surface area contributed by atoms with Crippen molar-refractivity contribution in [1.29, 1.82) is 0 Å². The second-order valence-electron chi connectivity index (χ2n) is 5.30. The van der Waals surface area contributed by atoms with Gasteiger partial charge in [0.25, 0.3) is 0 Å². The van der Waals surface area contributed by atoms with E-state index in [1.165, 1.54) is 0 Å². The predicted molar refractivity (Wildman–Crippen MR) is 79.9 cm³/mol. The second-order valence-corrected chi connectivity index (χ2v) is 5.30. The van der Waals surface area contributed by atoms with Gasteiger partial charge >= 0.3 is 0 Å². The van der Waals surface area contributed by atoms with Gasteiger partial charge in [-0.15, -0.1) is 0 Å². The topological polar surface area (TPSA) is 27.7 Å². The Morgan fingerprint density at radius 2 is 1.90 bits per heavy atom. The van der Waals surface area contributed by atoms with Crippen LogP contribution in [0.1, 0.15) is 51.9 Å². The molecule has 1 aliphatic heterocycles. The molecule has 112 valence electrons. The Balaban J connectivity index is 2.01. The Kier molecular flexibility index (Phi) is 5.86. The normalized spacial score (nSPS) is 26.4. The lowest BCUT2D eigenvalue weighted by Gasteiger charge is -2.36. The van der Waals surface area contributed by atoms with Crippen LogP contribution in [-0.2, 0) is 9.47 Å². The van der Waals surface area contributed by atoms with Crippen LogP contribution in [0.5, 0.6) is 5.75 Å². The van der Waals surface area contributed by atoms with E-state index >= 15 is 0 Å². The summed E-state index contributed by atoms with van der Waals surface area (Å²) in [5.41, 5.74) is 1.07. The molecule has 2 rings (SSSR count). The molecule has 0 N–H and O–H groups in total. The molecule has 20 heavy (non-hydrogen) atoms. The summed E-state index contributed by atoms with van der Waals surface area (Å²) in [6, 6.07) is 8.02. The minimum Gasteiger partial charge on any atom is -0.494 e. The molecule has 0 aromatic heterocycles. The SMILES string of the molecule is CCC[C@H]1O[C@@H](c2ccc(OCC)cc2)OC[C@@H]1CC. The number of rotatable bonds is 6. The van der Waals surface area contributed by atoms with Crippen LogP contribution >= 0.6 is 0 Å². The number of ether oxygens (including phenoxy) is 3. The third-order valence-corrected chi connectivity index (χ3v) is 3.85. The van der Waals surface area contributed by atoms with Gasteiger partial charge in [0, 0.05) is 11.5 Å². The van der Waals surface area contributed by atoms with Gasteiger partial charge in [-0.25, -0.2) is 0 Å². The molecule has 0 amide bonds. The Morgan fingerprint density at radius 3 is 2.50 bits per heavy atom. The van der Waals surface area contributed by atoms with Crippen molar-refractivity contribution in [2.45, 2.75) is 52.4 Å². The maximum absolute atomic E-state index is 6.15. The van der Waals surface area contributed by atoms with Crippen LogP contribution in [0.25, 0.3) is 0 Å². The molecule has 1 saturated heterocycles. The lowest BCUT2D eigenvalue weighted by Crippen LogP contribution is -2.35. The lowest BCUT2D eigenvalue weighted by molar-refractivity contribution is -0.243. The molecule has 1 aliphatic rings. The van der Waals surface area contributed by atoms with Crippen molar-refractivity contribution in [2.75, 3.05) is 13.2 Å². The molecule has 0 bridgehead atoms. The Bertz CT molecular complexity index is 388. The third kappa shape index (κ3) is 3.74. The number of benzene rings is 1. The van der Waals surface area contributed by atoms with Gasteiger partial charge in [0.05, 0.1) is 19.3 Å². The van der Waals surface area contributed by atoms with Crippen LogP contribution < -0.4 is 4.74 Å². The largest absolute Gasteiger partial charge is 0.494 e. The molecule has 0 saturated carbocycles. The fourth-order valence-corrected chi connectivity index (χ4v) is 2.66. The molecule has 3 atom stereocenters. The van der Waals surface area contributed by atoms with Crippen molar-refractivity contribution >= 4 is 0 Å². The average molecular weight is 278 g/mol. The van der Waals surface area contributed by atoms with Crippen molar-refractivity contribution in [3.8, 4) is 5.75 Å². The summed E-state index contributed by atoms with van der Waals surface area (Å²) in [6.07, 6.45) is 3.45. The van der Waals surface area contributed by atoms with Gasteiger partial charge < -0.3 is 14.2 Å². The highest BCUT2D eigenvalue weighted by Gasteiger charge is 2.30. The molecule has 0 aliphatic carbocycles. The first kappa shape index (κ1) is 15.3. The molecule has 1 aromatic rings. The molecule has 1 fully saturated rings. The van der Waals surface area contributed by atoms with Gasteiger partial charge in [-0.3, -0.25) is 0 Å². The fraction of sp³-hybridized carbons (Fsp3) is 0.647. The van der Waals surface area contributed by atoms with Crippen molar-refractivity contribution < 1.29 is 14.2 Å². The molecule has 3 nitrogen and oxygen atoms in total. The van der Waals surface area contributed by atoms with E-state index in [1.54, 1.807) is 0 Å². The molecule has 0 spiro atoms. The summed E-state index contributed by atoms with van der Waals surface area (Å²) in [5, 5.41) is 0. The summed E-state index contributed by atoms with van der Waals surface area (Å²) in [5.74, 6) is 1.41. The molecule has 0 radical (unpaired) electrons. The number of hydrogen-bond acceptors (Lipinski definition) is 3. The summed E-state index contributed by atoms with van der Waals surface area (Å²) >= 11 is 0. The summed E-state index contributed by atoms with van der Waals surface area (Å²) < 4.78 is 17.5. The quantitative estimate of drug-likeness (QED) is 0.775. The van der Waals surface area contributed by atoms with Gasteiger partial charge in [0.1, 0.15) is 5.75 Å². The van der Waals surface area contributed by atoms with Gasteiger partial charge in [0.2, 0.25) is 0 Å². The molecule has 1 heterocycles.